The summed E-state index contributed by atoms with van der Waals surface area (Å²) in [5, 5.41) is 9.03. The lowest BCUT2D eigenvalue weighted by atomic mass is 10.1. The second kappa shape index (κ2) is 7.24. The summed E-state index contributed by atoms with van der Waals surface area (Å²) < 4.78 is 28.0. The van der Waals surface area contributed by atoms with E-state index < -0.39 is 5.82 Å². The normalized spacial score (nSPS) is 22.9. The Morgan fingerprint density at radius 1 is 1.11 bits per heavy atom. The van der Waals surface area contributed by atoms with Gasteiger partial charge in [0.05, 0.1) is 16.9 Å². The molecular formula is C21H22F2N4O. The first-order valence-electron chi connectivity index (χ1n) is 9.29. The molecule has 146 valence electrons. The van der Waals surface area contributed by atoms with Gasteiger partial charge < -0.3 is 20.9 Å². The van der Waals surface area contributed by atoms with E-state index in [2.05, 4.69) is 29.8 Å². The molecule has 1 fully saturated rings. The molecule has 3 N–H and O–H groups in total. The Kier molecular flexibility index (Phi) is 4.77. The fraction of sp³-hybridized carbons (Fsp3) is 0.286. The molecule has 2 aliphatic heterocycles. The zero-order valence-corrected chi connectivity index (χ0v) is 15.7. The van der Waals surface area contributed by atoms with E-state index in [-0.39, 0.29) is 23.8 Å². The summed E-state index contributed by atoms with van der Waals surface area (Å²) >= 11 is 0. The summed E-state index contributed by atoms with van der Waals surface area (Å²) in [5.41, 5.74) is 2.52. The van der Waals surface area contributed by atoms with Crippen LogP contribution >= 0.6 is 0 Å². The molecule has 0 aliphatic carbocycles. The number of nitrogens with zero attached hydrogens (tertiary/aromatic N) is 1. The maximum absolute atomic E-state index is 14.7. The molecule has 4 rings (SSSR count). The molecule has 2 aliphatic rings. The molecule has 2 heterocycles. The summed E-state index contributed by atoms with van der Waals surface area (Å²) in [5.74, 6) is -1.06. The monoisotopic (exact) mass is 384 g/mol. The first-order chi connectivity index (χ1) is 13.4. The number of fused-ring (bicyclic) bond motifs is 1. The molecule has 2 aromatic carbocycles. The second-order valence-corrected chi connectivity index (χ2v) is 7.39. The fourth-order valence-corrected chi connectivity index (χ4v) is 3.84. The number of carbonyl (C=O) groups is 1. The van der Waals surface area contributed by atoms with Gasteiger partial charge in [-0.05, 0) is 50.2 Å². The highest BCUT2D eigenvalue weighted by Crippen LogP contribution is 2.32. The van der Waals surface area contributed by atoms with Crippen molar-refractivity contribution in [1.82, 2.24) is 5.32 Å². The largest absolute Gasteiger partial charge is 0.366 e. The van der Waals surface area contributed by atoms with Gasteiger partial charge in [0.15, 0.2) is 0 Å². The topological polar surface area (TPSA) is 56.4 Å². The third-order valence-corrected chi connectivity index (χ3v) is 4.99. The summed E-state index contributed by atoms with van der Waals surface area (Å²) in [6.07, 6.45) is 1.52. The van der Waals surface area contributed by atoms with Gasteiger partial charge in [-0.1, -0.05) is 0 Å². The zero-order chi connectivity index (χ0) is 19.8. The van der Waals surface area contributed by atoms with Gasteiger partial charge in [0.1, 0.15) is 11.6 Å². The van der Waals surface area contributed by atoms with Crippen molar-refractivity contribution in [3.63, 3.8) is 0 Å². The average Bonchev–Trinajstić information content (AvgIpc) is 2.93. The van der Waals surface area contributed by atoms with Crippen molar-refractivity contribution in [1.29, 1.82) is 0 Å². The van der Waals surface area contributed by atoms with Crippen molar-refractivity contribution in [3.05, 3.63) is 59.8 Å². The van der Waals surface area contributed by atoms with E-state index in [1.54, 1.807) is 18.2 Å². The molecule has 0 spiro atoms. The standard InChI is InChI=1S/C21H22F2N4O/c1-12-10-27(11-13(2)25-12)20-6-4-15(8-18(20)23)24-9-17-16-5-3-14(22)7-19(16)26-21(17)28/h3-9,12-13,24-25H,10-11H2,1-2H3,(H,26,28)/b17-9+. The minimum atomic E-state index is -0.414. The third-order valence-electron chi connectivity index (χ3n) is 4.99. The van der Waals surface area contributed by atoms with E-state index in [0.717, 1.165) is 13.1 Å². The van der Waals surface area contributed by atoms with Crippen LogP contribution in [-0.4, -0.2) is 31.1 Å². The number of anilines is 3. The molecule has 5 nitrogen and oxygen atoms in total. The van der Waals surface area contributed by atoms with E-state index in [4.69, 9.17) is 0 Å². The lowest BCUT2D eigenvalue weighted by molar-refractivity contribution is -0.110. The average molecular weight is 384 g/mol. The van der Waals surface area contributed by atoms with Crippen LogP contribution in [0.4, 0.5) is 25.8 Å². The summed E-state index contributed by atoms with van der Waals surface area (Å²) in [6.45, 7) is 5.65. The van der Waals surface area contributed by atoms with E-state index in [0.29, 0.717) is 28.2 Å². The van der Waals surface area contributed by atoms with Gasteiger partial charge >= 0.3 is 0 Å². The Labute approximate surface area is 162 Å². The Morgan fingerprint density at radius 2 is 1.86 bits per heavy atom. The van der Waals surface area contributed by atoms with Gasteiger partial charge in [-0.15, -0.1) is 0 Å². The highest BCUT2D eigenvalue weighted by atomic mass is 19.1. The number of amides is 1. The second-order valence-electron chi connectivity index (χ2n) is 7.39. The highest BCUT2D eigenvalue weighted by Gasteiger charge is 2.25. The highest BCUT2D eigenvalue weighted by molar-refractivity contribution is 6.31. The summed E-state index contributed by atoms with van der Waals surface area (Å²) in [6, 6.07) is 9.65. The number of carbonyl (C=O) groups excluding carboxylic acids is 1. The molecule has 1 saturated heterocycles. The predicted octanol–water partition coefficient (Wildman–Crippen LogP) is 3.56. The number of benzene rings is 2. The Balaban J connectivity index is 1.53. The number of hydrogen-bond acceptors (Lipinski definition) is 4. The van der Waals surface area contributed by atoms with Crippen LogP contribution in [-0.2, 0) is 4.79 Å². The van der Waals surface area contributed by atoms with E-state index in [1.807, 2.05) is 4.90 Å². The lowest BCUT2D eigenvalue weighted by Gasteiger charge is -2.37. The van der Waals surface area contributed by atoms with Crippen LogP contribution in [0, 0.1) is 11.6 Å². The Morgan fingerprint density at radius 3 is 2.57 bits per heavy atom. The van der Waals surface area contributed by atoms with Crippen molar-refractivity contribution in [2.75, 3.05) is 28.6 Å². The van der Waals surface area contributed by atoms with Crippen LogP contribution < -0.4 is 20.9 Å². The van der Waals surface area contributed by atoms with Gasteiger partial charge in [-0.2, -0.15) is 0 Å². The molecule has 0 aromatic heterocycles. The lowest BCUT2D eigenvalue weighted by Crippen LogP contribution is -2.54. The first kappa shape index (κ1) is 18.4. The summed E-state index contributed by atoms with van der Waals surface area (Å²) in [7, 11) is 0. The van der Waals surface area contributed by atoms with Crippen molar-refractivity contribution >= 4 is 28.5 Å². The third kappa shape index (κ3) is 3.57. The van der Waals surface area contributed by atoms with Crippen LogP contribution in [0.3, 0.4) is 0 Å². The van der Waals surface area contributed by atoms with Crippen molar-refractivity contribution in [3.8, 4) is 0 Å². The number of rotatable bonds is 3. The number of piperazine rings is 1. The zero-order valence-electron chi connectivity index (χ0n) is 15.7. The molecule has 28 heavy (non-hydrogen) atoms. The van der Waals surface area contributed by atoms with E-state index >= 15 is 0 Å². The van der Waals surface area contributed by atoms with E-state index in [1.165, 1.54) is 24.4 Å². The molecule has 7 heteroatoms. The SMILES string of the molecule is CC1CN(c2ccc(N/C=C3/C(=O)Nc4cc(F)ccc43)cc2F)CC(C)N1. The van der Waals surface area contributed by atoms with Crippen molar-refractivity contribution in [2.24, 2.45) is 0 Å². The van der Waals surface area contributed by atoms with Gasteiger partial charge in [0, 0.05) is 42.6 Å². The van der Waals surface area contributed by atoms with Gasteiger partial charge in [0.2, 0.25) is 0 Å². The Hall–Kier alpha value is -2.93. The van der Waals surface area contributed by atoms with Crippen molar-refractivity contribution < 1.29 is 13.6 Å². The minimum absolute atomic E-state index is 0.288. The molecule has 0 saturated carbocycles. The van der Waals surface area contributed by atoms with Crippen LogP contribution in [0.1, 0.15) is 19.4 Å². The predicted molar refractivity (Wildman–Crippen MR) is 107 cm³/mol. The molecule has 2 aromatic rings. The van der Waals surface area contributed by atoms with Gasteiger partial charge in [-0.25, -0.2) is 8.78 Å². The Bertz CT molecular complexity index is 949. The summed E-state index contributed by atoms with van der Waals surface area (Å²) in [4.78, 5) is 14.2. The fourth-order valence-electron chi connectivity index (χ4n) is 3.84. The molecule has 0 radical (unpaired) electrons. The van der Waals surface area contributed by atoms with Crippen LogP contribution in [0.5, 0.6) is 0 Å². The van der Waals surface area contributed by atoms with Gasteiger partial charge in [0.25, 0.3) is 5.91 Å². The maximum Gasteiger partial charge on any atom is 0.257 e. The van der Waals surface area contributed by atoms with Crippen molar-refractivity contribution in [2.45, 2.75) is 25.9 Å². The van der Waals surface area contributed by atoms with E-state index in [9.17, 15) is 13.6 Å². The quantitative estimate of drug-likeness (QED) is 0.709. The molecular weight excluding hydrogens is 362 g/mol. The number of halogens is 2. The number of nitrogens with one attached hydrogen (secondary N) is 3. The van der Waals surface area contributed by atoms with Gasteiger partial charge in [-0.3, -0.25) is 4.79 Å². The molecule has 2 atom stereocenters. The number of hydrogen-bond donors (Lipinski definition) is 3. The van der Waals surface area contributed by atoms with Crippen LogP contribution in [0.15, 0.2) is 42.6 Å². The molecule has 2 unspecified atom stereocenters. The molecule has 1 amide bonds. The molecule has 0 bridgehead atoms. The first-order valence-corrected chi connectivity index (χ1v) is 9.29. The van der Waals surface area contributed by atoms with Crippen LogP contribution in [0.25, 0.3) is 5.57 Å². The van der Waals surface area contributed by atoms with Crippen LogP contribution in [0.2, 0.25) is 0 Å². The smallest absolute Gasteiger partial charge is 0.257 e. The minimum Gasteiger partial charge on any atom is -0.366 e. The maximum atomic E-state index is 14.7.